The third-order valence-electron chi connectivity index (χ3n) is 2.88. The summed E-state index contributed by atoms with van der Waals surface area (Å²) in [7, 11) is 0. The van der Waals surface area contributed by atoms with Gasteiger partial charge in [0.15, 0.2) is 6.61 Å². The Morgan fingerprint density at radius 3 is 2.38 bits per heavy atom. The fourth-order valence-corrected chi connectivity index (χ4v) is 1.58. The number of carbonyl (C=O) groups excluding carboxylic acids is 2. The number of hydrogen-bond acceptors (Lipinski definition) is 3. The lowest BCUT2D eigenvalue weighted by Gasteiger charge is -2.09. The van der Waals surface area contributed by atoms with Crippen molar-refractivity contribution in [3.63, 3.8) is 0 Å². The predicted octanol–water partition coefficient (Wildman–Crippen LogP) is 1.65. The van der Waals surface area contributed by atoms with Crippen LogP contribution in [0.4, 0.5) is 0 Å². The van der Waals surface area contributed by atoms with Gasteiger partial charge in [-0.25, -0.2) is 0 Å². The molecule has 0 radical (unpaired) electrons. The molecular weight excluding hydrogens is 268 g/mol. The van der Waals surface area contributed by atoms with Gasteiger partial charge in [0.1, 0.15) is 5.75 Å². The molecule has 5 nitrogen and oxygen atoms in total. The first-order valence-electron chi connectivity index (χ1n) is 7.20. The van der Waals surface area contributed by atoms with Gasteiger partial charge in [0, 0.05) is 6.54 Å². The van der Waals surface area contributed by atoms with Crippen molar-refractivity contribution in [3.05, 3.63) is 29.8 Å². The van der Waals surface area contributed by atoms with Crippen LogP contribution < -0.4 is 15.4 Å². The van der Waals surface area contributed by atoms with E-state index in [-0.39, 0.29) is 25.0 Å². The van der Waals surface area contributed by atoms with Crippen LogP contribution in [0.15, 0.2) is 24.3 Å². The Bertz CT molecular complexity index is 455. The Morgan fingerprint density at radius 2 is 1.76 bits per heavy atom. The van der Waals surface area contributed by atoms with Gasteiger partial charge >= 0.3 is 0 Å². The van der Waals surface area contributed by atoms with Crippen molar-refractivity contribution in [2.45, 2.75) is 27.2 Å². The molecule has 0 saturated carbocycles. The van der Waals surface area contributed by atoms with E-state index in [1.54, 1.807) is 12.1 Å². The Hall–Kier alpha value is -2.04. The minimum absolute atomic E-state index is 0.0197. The highest BCUT2D eigenvalue weighted by molar-refractivity contribution is 5.85. The zero-order valence-corrected chi connectivity index (χ0v) is 12.9. The second-order valence-electron chi connectivity index (χ2n) is 5.41. The number of nitrogens with one attached hydrogen (secondary N) is 2. The molecule has 0 aliphatic carbocycles. The molecule has 5 heteroatoms. The first kappa shape index (κ1) is 17.0. The number of ether oxygens (including phenoxy) is 1. The molecule has 1 aromatic carbocycles. The van der Waals surface area contributed by atoms with Crippen LogP contribution in [0.2, 0.25) is 0 Å². The molecule has 0 fully saturated rings. The van der Waals surface area contributed by atoms with Crippen molar-refractivity contribution in [1.82, 2.24) is 10.6 Å². The molecule has 0 heterocycles. The maximum atomic E-state index is 11.6. The first-order valence-corrected chi connectivity index (χ1v) is 7.20. The van der Waals surface area contributed by atoms with Crippen LogP contribution in [0, 0.1) is 12.8 Å². The molecular formula is C16H24N2O3. The average Bonchev–Trinajstić information content (AvgIpc) is 2.44. The first-order chi connectivity index (χ1) is 9.97. The average molecular weight is 292 g/mol. The van der Waals surface area contributed by atoms with E-state index in [1.807, 2.05) is 19.1 Å². The van der Waals surface area contributed by atoms with Crippen LogP contribution >= 0.6 is 0 Å². The number of amides is 2. The standard InChI is InChI=1S/C16H24N2O3/c1-12(2)8-9-17-15(19)10-18-16(20)11-21-14-6-4-13(3)5-7-14/h4-7,12H,8-11H2,1-3H3,(H,17,19)(H,18,20). The van der Waals surface area contributed by atoms with Gasteiger partial charge in [-0.3, -0.25) is 9.59 Å². The van der Waals surface area contributed by atoms with Crippen molar-refractivity contribution >= 4 is 11.8 Å². The van der Waals surface area contributed by atoms with E-state index in [9.17, 15) is 9.59 Å². The summed E-state index contributed by atoms with van der Waals surface area (Å²) in [5.41, 5.74) is 1.13. The highest BCUT2D eigenvalue weighted by Gasteiger charge is 2.06. The molecule has 21 heavy (non-hydrogen) atoms. The zero-order valence-electron chi connectivity index (χ0n) is 12.9. The van der Waals surface area contributed by atoms with Crippen LogP contribution in [0.25, 0.3) is 0 Å². The molecule has 0 unspecified atom stereocenters. The third kappa shape index (κ3) is 7.97. The van der Waals surface area contributed by atoms with Crippen LogP contribution in [-0.2, 0) is 9.59 Å². The van der Waals surface area contributed by atoms with Gasteiger partial charge in [-0.15, -0.1) is 0 Å². The number of benzene rings is 1. The van der Waals surface area contributed by atoms with E-state index in [4.69, 9.17) is 4.74 Å². The topological polar surface area (TPSA) is 67.4 Å². The summed E-state index contributed by atoms with van der Waals surface area (Å²) < 4.78 is 5.32. The van der Waals surface area contributed by atoms with Crippen molar-refractivity contribution in [1.29, 1.82) is 0 Å². The van der Waals surface area contributed by atoms with Gasteiger partial charge in [-0.2, -0.15) is 0 Å². The van der Waals surface area contributed by atoms with Crippen molar-refractivity contribution in [2.75, 3.05) is 19.7 Å². The summed E-state index contributed by atoms with van der Waals surface area (Å²) >= 11 is 0. The molecule has 0 saturated heterocycles. The van der Waals surface area contributed by atoms with E-state index in [0.29, 0.717) is 18.2 Å². The van der Waals surface area contributed by atoms with Crippen molar-refractivity contribution in [2.24, 2.45) is 5.92 Å². The van der Waals surface area contributed by atoms with Crippen molar-refractivity contribution in [3.8, 4) is 5.75 Å². The molecule has 1 aromatic rings. The lowest BCUT2D eigenvalue weighted by molar-refractivity contribution is -0.127. The van der Waals surface area contributed by atoms with E-state index in [0.717, 1.165) is 12.0 Å². The molecule has 2 amide bonds. The van der Waals surface area contributed by atoms with Gasteiger partial charge in [-0.05, 0) is 31.4 Å². The van der Waals surface area contributed by atoms with E-state index in [1.165, 1.54) is 0 Å². The third-order valence-corrected chi connectivity index (χ3v) is 2.88. The lowest BCUT2D eigenvalue weighted by Crippen LogP contribution is -2.39. The van der Waals surface area contributed by atoms with Crippen molar-refractivity contribution < 1.29 is 14.3 Å². The maximum absolute atomic E-state index is 11.6. The summed E-state index contributed by atoms with van der Waals surface area (Å²) in [6.45, 7) is 6.68. The van der Waals surface area contributed by atoms with E-state index >= 15 is 0 Å². The van der Waals surface area contributed by atoms with Gasteiger partial charge in [0.25, 0.3) is 5.91 Å². The normalized spacial score (nSPS) is 10.3. The van der Waals surface area contributed by atoms with Gasteiger partial charge in [-0.1, -0.05) is 31.5 Å². The van der Waals surface area contributed by atoms with Gasteiger partial charge in [0.2, 0.25) is 5.91 Å². The number of rotatable bonds is 8. The second-order valence-corrected chi connectivity index (χ2v) is 5.41. The van der Waals surface area contributed by atoms with Gasteiger partial charge < -0.3 is 15.4 Å². The largest absolute Gasteiger partial charge is 0.484 e. The summed E-state index contributed by atoms with van der Waals surface area (Å²) in [4.78, 5) is 23.0. The summed E-state index contributed by atoms with van der Waals surface area (Å²) in [6.07, 6.45) is 0.927. The number of hydrogen-bond donors (Lipinski definition) is 2. The molecule has 116 valence electrons. The molecule has 0 atom stereocenters. The molecule has 0 aromatic heterocycles. The molecule has 0 bridgehead atoms. The maximum Gasteiger partial charge on any atom is 0.258 e. The molecule has 0 aliphatic heterocycles. The summed E-state index contributed by atoms with van der Waals surface area (Å²) in [6, 6.07) is 7.44. The summed E-state index contributed by atoms with van der Waals surface area (Å²) in [5, 5.41) is 5.28. The zero-order chi connectivity index (χ0) is 15.7. The van der Waals surface area contributed by atoms with Crippen LogP contribution in [0.1, 0.15) is 25.8 Å². The molecule has 0 aliphatic rings. The minimum Gasteiger partial charge on any atom is -0.484 e. The Kier molecular flexibility index (Phi) is 7.29. The second kappa shape index (κ2) is 9.00. The van der Waals surface area contributed by atoms with Crippen LogP contribution in [-0.4, -0.2) is 31.5 Å². The monoisotopic (exact) mass is 292 g/mol. The van der Waals surface area contributed by atoms with Crippen LogP contribution in [0.3, 0.4) is 0 Å². The molecule has 2 N–H and O–H groups in total. The van der Waals surface area contributed by atoms with Gasteiger partial charge in [0.05, 0.1) is 6.54 Å². The Morgan fingerprint density at radius 1 is 1.10 bits per heavy atom. The van der Waals surface area contributed by atoms with E-state index < -0.39 is 0 Å². The minimum atomic E-state index is -0.311. The SMILES string of the molecule is Cc1ccc(OCC(=O)NCC(=O)NCCC(C)C)cc1. The smallest absolute Gasteiger partial charge is 0.258 e. The fourth-order valence-electron chi connectivity index (χ4n) is 1.58. The quantitative estimate of drug-likeness (QED) is 0.765. The predicted molar refractivity (Wildman–Crippen MR) is 82.1 cm³/mol. The fraction of sp³-hybridized carbons (Fsp3) is 0.500. The number of carbonyl (C=O) groups is 2. The molecule has 1 rings (SSSR count). The number of aryl methyl sites for hydroxylation is 1. The Balaban J connectivity index is 2.16. The summed E-state index contributed by atoms with van der Waals surface area (Å²) in [5.74, 6) is 0.689. The highest BCUT2D eigenvalue weighted by atomic mass is 16.5. The van der Waals surface area contributed by atoms with Crippen LogP contribution in [0.5, 0.6) is 5.75 Å². The lowest BCUT2D eigenvalue weighted by atomic mass is 10.1. The Labute approximate surface area is 126 Å². The molecule has 0 spiro atoms. The van der Waals surface area contributed by atoms with E-state index in [2.05, 4.69) is 24.5 Å². The highest BCUT2D eigenvalue weighted by Crippen LogP contribution is 2.10.